The second kappa shape index (κ2) is 8.92. The van der Waals surface area contributed by atoms with Gasteiger partial charge in [0, 0.05) is 30.1 Å². The number of amides is 1. The number of nitriles is 1. The number of rotatable bonds is 4. The fourth-order valence-corrected chi connectivity index (χ4v) is 3.74. The molecule has 156 valence electrons. The Morgan fingerprint density at radius 3 is 2.87 bits per heavy atom. The number of likely N-dealkylation sites (tertiary alicyclic amines) is 1. The van der Waals surface area contributed by atoms with Crippen LogP contribution < -0.4 is 4.74 Å². The van der Waals surface area contributed by atoms with Crippen LogP contribution in [0.15, 0.2) is 54.9 Å². The maximum absolute atomic E-state index is 14.0. The van der Waals surface area contributed by atoms with Crippen molar-refractivity contribution >= 4 is 5.91 Å². The molecule has 0 aliphatic carbocycles. The van der Waals surface area contributed by atoms with E-state index in [1.807, 2.05) is 6.07 Å². The van der Waals surface area contributed by atoms with Crippen LogP contribution in [0.25, 0.3) is 11.3 Å². The van der Waals surface area contributed by atoms with E-state index in [0.717, 1.165) is 12.8 Å². The van der Waals surface area contributed by atoms with E-state index < -0.39 is 5.82 Å². The Balaban J connectivity index is 1.57. The minimum atomic E-state index is -0.471. The number of halogens is 1. The molecular weight excluding hydrogens is 395 g/mol. The topological polar surface area (TPSA) is 79.1 Å². The highest BCUT2D eigenvalue weighted by Gasteiger charge is 2.28. The van der Waals surface area contributed by atoms with Gasteiger partial charge in [0.25, 0.3) is 5.91 Å². The predicted octanol–water partition coefficient (Wildman–Crippen LogP) is 4.15. The molecule has 0 radical (unpaired) electrons. The number of hydrogen-bond donors (Lipinski definition) is 0. The number of carbonyl (C=O) groups excluding carboxylic acids is 1. The number of aromatic nitrogens is 2. The molecule has 1 amide bonds. The van der Waals surface area contributed by atoms with Gasteiger partial charge in [-0.05, 0) is 56.2 Å². The average molecular weight is 416 g/mol. The zero-order valence-corrected chi connectivity index (χ0v) is 17.1. The Bertz CT molecular complexity index is 1140. The Morgan fingerprint density at radius 1 is 1.23 bits per heavy atom. The van der Waals surface area contributed by atoms with Crippen molar-refractivity contribution in [1.82, 2.24) is 14.9 Å². The van der Waals surface area contributed by atoms with E-state index in [-0.39, 0.29) is 17.6 Å². The van der Waals surface area contributed by atoms with E-state index in [4.69, 9.17) is 4.74 Å². The van der Waals surface area contributed by atoms with Crippen LogP contribution in [0, 0.1) is 24.1 Å². The molecular formula is C24H21FN4O2. The normalized spacial score (nSPS) is 15.9. The van der Waals surface area contributed by atoms with Gasteiger partial charge in [0.2, 0.25) is 5.88 Å². The number of piperidine rings is 1. The van der Waals surface area contributed by atoms with Crippen LogP contribution in [0.1, 0.15) is 34.3 Å². The molecule has 1 fully saturated rings. The lowest BCUT2D eigenvalue weighted by Gasteiger charge is -2.33. The first-order valence-corrected chi connectivity index (χ1v) is 10.1. The highest BCUT2D eigenvalue weighted by atomic mass is 19.1. The van der Waals surface area contributed by atoms with E-state index in [0.29, 0.717) is 41.4 Å². The number of pyridine rings is 2. The molecule has 1 aliphatic heterocycles. The number of nitrogens with zero attached hydrogens (tertiary/aromatic N) is 4. The van der Waals surface area contributed by atoms with Gasteiger partial charge in [-0.2, -0.15) is 5.26 Å². The van der Waals surface area contributed by atoms with Crippen molar-refractivity contribution in [2.45, 2.75) is 25.9 Å². The summed E-state index contributed by atoms with van der Waals surface area (Å²) < 4.78 is 20.1. The zero-order chi connectivity index (χ0) is 21.8. The first kappa shape index (κ1) is 20.5. The van der Waals surface area contributed by atoms with Crippen molar-refractivity contribution in [2.75, 3.05) is 13.1 Å². The van der Waals surface area contributed by atoms with Crippen LogP contribution in [0.2, 0.25) is 0 Å². The summed E-state index contributed by atoms with van der Waals surface area (Å²) in [5.74, 6) is -0.330. The maximum atomic E-state index is 14.0. The maximum Gasteiger partial charge on any atom is 0.254 e. The lowest BCUT2D eigenvalue weighted by Crippen LogP contribution is -2.44. The van der Waals surface area contributed by atoms with Crippen LogP contribution >= 0.6 is 0 Å². The molecule has 1 aromatic carbocycles. The van der Waals surface area contributed by atoms with E-state index >= 15 is 0 Å². The minimum absolute atomic E-state index is 0.260. The van der Waals surface area contributed by atoms with E-state index in [9.17, 15) is 14.4 Å². The number of ether oxygens (including phenoxy) is 1. The highest BCUT2D eigenvalue weighted by Crippen LogP contribution is 2.27. The Kier molecular flexibility index (Phi) is 5.89. The number of hydrogen-bond acceptors (Lipinski definition) is 5. The first-order valence-electron chi connectivity index (χ1n) is 10.1. The zero-order valence-electron chi connectivity index (χ0n) is 17.1. The van der Waals surface area contributed by atoms with Gasteiger partial charge in [0.05, 0.1) is 29.4 Å². The number of carbonyl (C=O) groups is 1. The molecule has 6 nitrogen and oxygen atoms in total. The van der Waals surface area contributed by atoms with Gasteiger partial charge >= 0.3 is 0 Å². The smallest absolute Gasteiger partial charge is 0.254 e. The third-order valence-electron chi connectivity index (χ3n) is 5.37. The van der Waals surface area contributed by atoms with E-state index in [2.05, 4.69) is 16.0 Å². The Morgan fingerprint density at radius 2 is 2.10 bits per heavy atom. The monoisotopic (exact) mass is 416 g/mol. The van der Waals surface area contributed by atoms with Crippen molar-refractivity contribution in [1.29, 1.82) is 5.26 Å². The van der Waals surface area contributed by atoms with Gasteiger partial charge in [0.1, 0.15) is 11.9 Å². The standard InChI is InChI=1S/C24H21FN4O2/c1-16-17(14-26)9-11-28-23(16)31-19-5-4-12-29(15-19)24(30)21-13-18(25)7-8-20(21)22-6-2-3-10-27-22/h2-3,6-11,13,19H,4-5,12,15H2,1H3/t19-/m1/s1. The molecule has 7 heteroatoms. The highest BCUT2D eigenvalue weighted by molar-refractivity contribution is 6.00. The lowest BCUT2D eigenvalue weighted by atomic mass is 10.0. The molecule has 31 heavy (non-hydrogen) atoms. The third-order valence-corrected chi connectivity index (χ3v) is 5.37. The van der Waals surface area contributed by atoms with Crippen LogP contribution in [-0.4, -0.2) is 40.0 Å². The Hall–Kier alpha value is -3.79. The molecule has 2 aromatic heterocycles. The van der Waals surface area contributed by atoms with Crippen molar-refractivity contribution in [3.8, 4) is 23.2 Å². The molecule has 3 heterocycles. The van der Waals surface area contributed by atoms with Crippen LogP contribution in [0.3, 0.4) is 0 Å². The van der Waals surface area contributed by atoms with Crippen molar-refractivity contribution < 1.29 is 13.9 Å². The molecule has 0 unspecified atom stereocenters. The van der Waals surface area contributed by atoms with E-state index in [1.165, 1.54) is 12.1 Å². The Labute approximate surface area is 179 Å². The van der Waals surface area contributed by atoms with Gasteiger partial charge in [-0.3, -0.25) is 9.78 Å². The van der Waals surface area contributed by atoms with Crippen molar-refractivity contribution in [3.63, 3.8) is 0 Å². The second-order valence-electron chi connectivity index (χ2n) is 7.44. The van der Waals surface area contributed by atoms with Gasteiger partial charge in [-0.1, -0.05) is 6.07 Å². The van der Waals surface area contributed by atoms with Gasteiger partial charge in [-0.15, -0.1) is 0 Å². The predicted molar refractivity (Wildman–Crippen MR) is 113 cm³/mol. The number of benzene rings is 1. The summed E-state index contributed by atoms with van der Waals surface area (Å²) in [4.78, 5) is 23.6. The summed E-state index contributed by atoms with van der Waals surface area (Å²) in [6, 6.07) is 13.4. The van der Waals surface area contributed by atoms with Gasteiger partial charge < -0.3 is 9.64 Å². The largest absolute Gasteiger partial charge is 0.472 e. The molecule has 0 saturated carbocycles. The molecule has 0 N–H and O–H groups in total. The first-order chi connectivity index (χ1) is 15.1. The van der Waals surface area contributed by atoms with Crippen molar-refractivity contribution in [2.24, 2.45) is 0 Å². The van der Waals surface area contributed by atoms with Gasteiger partial charge in [0.15, 0.2) is 0 Å². The van der Waals surface area contributed by atoms with Crippen LogP contribution in [0.5, 0.6) is 5.88 Å². The third kappa shape index (κ3) is 4.38. The summed E-state index contributed by atoms with van der Waals surface area (Å²) in [5.41, 5.74) is 2.67. The average Bonchev–Trinajstić information content (AvgIpc) is 2.80. The summed E-state index contributed by atoms with van der Waals surface area (Å²) in [6.07, 6.45) is 4.44. The van der Waals surface area contributed by atoms with Crippen LogP contribution in [0.4, 0.5) is 4.39 Å². The molecule has 4 rings (SSSR count). The SMILES string of the molecule is Cc1c(C#N)ccnc1O[C@@H]1CCCN(C(=O)c2cc(F)ccc2-c2ccccn2)C1. The van der Waals surface area contributed by atoms with Crippen LogP contribution in [-0.2, 0) is 0 Å². The quantitative estimate of drug-likeness (QED) is 0.639. The minimum Gasteiger partial charge on any atom is -0.472 e. The molecule has 1 aliphatic rings. The molecule has 1 atom stereocenters. The lowest BCUT2D eigenvalue weighted by molar-refractivity contribution is 0.0526. The summed E-state index contributed by atoms with van der Waals surface area (Å²) in [7, 11) is 0. The summed E-state index contributed by atoms with van der Waals surface area (Å²) >= 11 is 0. The van der Waals surface area contributed by atoms with Crippen molar-refractivity contribution in [3.05, 3.63) is 77.4 Å². The summed E-state index contributed by atoms with van der Waals surface area (Å²) in [5, 5.41) is 9.21. The van der Waals surface area contributed by atoms with Gasteiger partial charge in [-0.25, -0.2) is 9.37 Å². The fraction of sp³-hybridized carbons (Fsp3) is 0.250. The second-order valence-corrected chi connectivity index (χ2v) is 7.44. The molecule has 0 bridgehead atoms. The molecule has 1 saturated heterocycles. The fourth-order valence-electron chi connectivity index (χ4n) is 3.74. The van der Waals surface area contributed by atoms with E-state index in [1.54, 1.807) is 48.5 Å². The molecule has 0 spiro atoms. The molecule has 3 aromatic rings. The summed E-state index contributed by atoms with van der Waals surface area (Å²) in [6.45, 7) is 2.70.